The number of hydrogen-bond acceptors (Lipinski definition) is 8. The van der Waals surface area contributed by atoms with Gasteiger partial charge in [-0.1, -0.05) is 0 Å². The van der Waals surface area contributed by atoms with Gasteiger partial charge in [0.1, 0.15) is 11.9 Å². The van der Waals surface area contributed by atoms with E-state index in [2.05, 4.69) is 30.6 Å². The molecule has 0 saturated carbocycles. The smallest absolute Gasteiger partial charge is 0.321 e. The topological polar surface area (TPSA) is 124 Å². The third kappa shape index (κ3) is 4.64. The number of carbonyl (C=O) groups is 2. The molecule has 2 aromatic rings. The van der Waals surface area contributed by atoms with Crippen LogP contribution in [0.1, 0.15) is 34.9 Å². The molecule has 2 aliphatic rings. The van der Waals surface area contributed by atoms with Crippen molar-refractivity contribution >= 4 is 17.8 Å². The van der Waals surface area contributed by atoms with Crippen molar-refractivity contribution in [2.24, 2.45) is 0 Å². The van der Waals surface area contributed by atoms with Crippen molar-refractivity contribution in [3.63, 3.8) is 0 Å². The summed E-state index contributed by atoms with van der Waals surface area (Å²) in [5.41, 5.74) is 0.640. The van der Waals surface area contributed by atoms with E-state index >= 15 is 0 Å². The molecule has 4 rings (SSSR count). The summed E-state index contributed by atoms with van der Waals surface area (Å²) >= 11 is 0. The van der Waals surface area contributed by atoms with E-state index in [1.165, 1.54) is 19.4 Å². The predicted octanol–water partition coefficient (Wildman–Crippen LogP) is 0.665. The average Bonchev–Trinajstić information content (AvgIpc) is 3.30. The Morgan fingerprint density at radius 3 is 2.67 bits per heavy atom. The molecule has 160 valence electrons. The van der Waals surface area contributed by atoms with Crippen LogP contribution in [0.4, 0.5) is 10.7 Å². The van der Waals surface area contributed by atoms with Gasteiger partial charge in [0.2, 0.25) is 11.7 Å². The highest BCUT2D eigenvalue weighted by Crippen LogP contribution is 2.27. The van der Waals surface area contributed by atoms with Gasteiger partial charge in [0.05, 0.1) is 31.4 Å². The highest BCUT2D eigenvalue weighted by atomic mass is 16.5. The fourth-order valence-corrected chi connectivity index (χ4v) is 3.60. The van der Waals surface area contributed by atoms with Gasteiger partial charge in [0.15, 0.2) is 0 Å². The van der Waals surface area contributed by atoms with Crippen molar-refractivity contribution in [3.8, 4) is 0 Å². The van der Waals surface area contributed by atoms with Crippen molar-refractivity contribution in [1.29, 1.82) is 0 Å². The second kappa shape index (κ2) is 9.28. The monoisotopic (exact) mass is 415 g/mol. The maximum Gasteiger partial charge on any atom is 0.321 e. The summed E-state index contributed by atoms with van der Waals surface area (Å²) < 4.78 is 13.2. The summed E-state index contributed by atoms with van der Waals surface area (Å²) in [5.74, 6) is -0.148. The molecule has 11 nitrogen and oxygen atoms in total. The Kier molecular flexibility index (Phi) is 6.31. The van der Waals surface area contributed by atoms with Crippen LogP contribution in [0.25, 0.3) is 0 Å². The number of hydrogen-bond donors (Lipinski definition) is 2. The normalized spacial score (nSPS) is 22.4. The van der Waals surface area contributed by atoms with Crippen molar-refractivity contribution in [1.82, 2.24) is 30.0 Å². The SMILES string of the molecule is CNC(=O)Nc1ncc(C(=O)c2ccn(C3CCOC(N4CCOCC4)C3)n2)cn1. The number of urea groups is 1. The van der Waals surface area contributed by atoms with E-state index in [0.717, 1.165) is 39.1 Å². The van der Waals surface area contributed by atoms with E-state index in [9.17, 15) is 9.59 Å². The Balaban J connectivity index is 1.40. The lowest BCUT2D eigenvalue weighted by Crippen LogP contribution is -2.47. The molecule has 2 saturated heterocycles. The highest BCUT2D eigenvalue weighted by Gasteiger charge is 2.30. The van der Waals surface area contributed by atoms with Gasteiger partial charge in [0, 0.05) is 45.1 Å². The van der Waals surface area contributed by atoms with Crippen LogP contribution in [0, 0.1) is 0 Å². The number of aromatic nitrogens is 4. The van der Waals surface area contributed by atoms with Gasteiger partial charge in [-0.25, -0.2) is 14.8 Å². The van der Waals surface area contributed by atoms with Crippen LogP contribution >= 0.6 is 0 Å². The fourth-order valence-electron chi connectivity index (χ4n) is 3.60. The lowest BCUT2D eigenvalue weighted by molar-refractivity contribution is -0.126. The molecule has 2 aromatic heterocycles. The molecule has 0 bridgehead atoms. The summed E-state index contributed by atoms with van der Waals surface area (Å²) in [6.07, 6.45) is 6.30. The maximum atomic E-state index is 12.7. The number of morpholine rings is 1. The number of rotatable bonds is 5. The number of ether oxygens (including phenoxy) is 2. The summed E-state index contributed by atoms with van der Waals surface area (Å²) in [6, 6.07) is 1.45. The van der Waals surface area contributed by atoms with Gasteiger partial charge in [-0.2, -0.15) is 5.10 Å². The Morgan fingerprint density at radius 1 is 1.17 bits per heavy atom. The van der Waals surface area contributed by atoms with E-state index in [1.54, 1.807) is 6.07 Å². The largest absolute Gasteiger partial charge is 0.379 e. The van der Waals surface area contributed by atoms with Crippen molar-refractivity contribution < 1.29 is 19.1 Å². The molecular weight excluding hydrogens is 390 g/mol. The molecule has 2 aliphatic heterocycles. The molecule has 2 amide bonds. The van der Waals surface area contributed by atoms with E-state index in [-0.39, 0.29) is 24.0 Å². The lowest BCUT2D eigenvalue weighted by atomic mass is 10.1. The zero-order valence-corrected chi connectivity index (χ0v) is 16.8. The number of carbonyl (C=O) groups excluding carboxylic acids is 2. The molecule has 4 heterocycles. The van der Waals surface area contributed by atoms with Crippen LogP contribution in [0.2, 0.25) is 0 Å². The first kappa shape index (κ1) is 20.4. The Hall–Kier alpha value is -2.89. The Bertz CT molecular complexity index is 879. The number of nitrogens with one attached hydrogen (secondary N) is 2. The summed E-state index contributed by atoms with van der Waals surface area (Å²) in [7, 11) is 1.49. The average molecular weight is 415 g/mol. The molecule has 0 radical (unpaired) electrons. The van der Waals surface area contributed by atoms with Crippen LogP contribution < -0.4 is 10.6 Å². The van der Waals surface area contributed by atoms with E-state index in [0.29, 0.717) is 17.9 Å². The minimum Gasteiger partial charge on any atom is -0.379 e. The third-order valence-corrected chi connectivity index (χ3v) is 5.27. The number of nitrogens with zero attached hydrogens (tertiary/aromatic N) is 5. The number of amides is 2. The summed E-state index contributed by atoms with van der Waals surface area (Å²) in [4.78, 5) is 34.3. The van der Waals surface area contributed by atoms with Crippen molar-refractivity contribution in [3.05, 3.63) is 35.9 Å². The second-order valence-corrected chi connectivity index (χ2v) is 7.16. The van der Waals surface area contributed by atoms with Crippen molar-refractivity contribution in [2.45, 2.75) is 25.1 Å². The molecule has 2 N–H and O–H groups in total. The van der Waals surface area contributed by atoms with Crippen LogP contribution in [0.15, 0.2) is 24.7 Å². The quantitative estimate of drug-likeness (QED) is 0.683. The lowest BCUT2D eigenvalue weighted by Gasteiger charge is -2.39. The fraction of sp³-hybridized carbons (Fsp3) is 0.526. The summed E-state index contributed by atoms with van der Waals surface area (Å²) in [5, 5.41) is 9.36. The first-order valence-corrected chi connectivity index (χ1v) is 9.98. The van der Waals surface area contributed by atoms with Crippen LogP contribution in [-0.4, -0.2) is 82.6 Å². The third-order valence-electron chi connectivity index (χ3n) is 5.27. The standard InChI is InChI=1S/C19H25N7O4/c1-20-19(28)23-18-21-11-13(12-22-18)17(27)15-2-4-26(24-15)14-3-7-30-16(10-14)25-5-8-29-9-6-25/h2,4,11-12,14,16H,3,5-10H2,1H3,(H2,20,21,22,23,28). The molecule has 0 aliphatic carbocycles. The predicted molar refractivity (Wildman–Crippen MR) is 106 cm³/mol. The highest BCUT2D eigenvalue weighted by molar-refractivity contribution is 6.07. The maximum absolute atomic E-state index is 12.7. The summed E-state index contributed by atoms with van der Waals surface area (Å²) in [6.45, 7) is 3.84. The van der Waals surface area contributed by atoms with Crippen LogP contribution in [0.5, 0.6) is 0 Å². The molecule has 0 spiro atoms. The molecular formula is C19H25N7O4. The molecule has 2 atom stereocenters. The van der Waals surface area contributed by atoms with E-state index in [4.69, 9.17) is 9.47 Å². The Labute approximate surface area is 173 Å². The van der Waals surface area contributed by atoms with E-state index in [1.807, 2.05) is 10.9 Å². The van der Waals surface area contributed by atoms with Gasteiger partial charge >= 0.3 is 6.03 Å². The van der Waals surface area contributed by atoms with Gasteiger partial charge in [0.25, 0.3) is 0 Å². The Morgan fingerprint density at radius 2 is 1.93 bits per heavy atom. The van der Waals surface area contributed by atoms with Gasteiger partial charge in [-0.05, 0) is 12.5 Å². The molecule has 11 heteroatoms. The number of ketones is 1. The molecule has 2 unspecified atom stereocenters. The minimum atomic E-state index is -0.431. The van der Waals surface area contributed by atoms with Gasteiger partial charge < -0.3 is 14.8 Å². The zero-order valence-electron chi connectivity index (χ0n) is 16.8. The zero-order chi connectivity index (χ0) is 20.9. The van der Waals surface area contributed by atoms with Crippen LogP contribution in [0.3, 0.4) is 0 Å². The first-order chi connectivity index (χ1) is 14.6. The van der Waals surface area contributed by atoms with Crippen molar-refractivity contribution in [2.75, 3.05) is 45.3 Å². The first-order valence-electron chi connectivity index (χ1n) is 9.98. The molecule has 2 fully saturated rings. The van der Waals surface area contributed by atoms with Crippen LogP contribution in [-0.2, 0) is 9.47 Å². The number of anilines is 1. The van der Waals surface area contributed by atoms with Gasteiger partial charge in [-0.15, -0.1) is 0 Å². The molecule has 30 heavy (non-hydrogen) atoms. The van der Waals surface area contributed by atoms with Gasteiger partial charge in [-0.3, -0.25) is 19.7 Å². The minimum absolute atomic E-state index is 0.0461. The van der Waals surface area contributed by atoms with E-state index < -0.39 is 6.03 Å². The molecule has 0 aromatic carbocycles. The second-order valence-electron chi connectivity index (χ2n) is 7.16.